The van der Waals surface area contributed by atoms with Crippen LogP contribution in [0.1, 0.15) is 27.9 Å². The van der Waals surface area contributed by atoms with Gasteiger partial charge in [0, 0.05) is 17.5 Å². The predicted molar refractivity (Wildman–Crippen MR) is 88.9 cm³/mol. The van der Waals surface area contributed by atoms with E-state index in [1.54, 1.807) is 12.1 Å². The molecule has 1 aromatic carbocycles. The molecule has 8 heteroatoms. The molecule has 4 rings (SSSR count). The molecule has 1 aromatic heterocycles. The molecule has 0 saturated heterocycles. The van der Waals surface area contributed by atoms with Crippen molar-refractivity contribution in [1.82, 2.24) is 14.9 Å². The summed E-state index contributed by atoms with van der Waals surface area (Å²) in [5, 5.41) is 2.41. The van der Waals surface area contributed by atoms with Crippen LogP contribution >= 0.6 is 0 Å². The van der Waals surface area contributed by atoms with E-state index in [1.807, 2.05) is 13.0 Å². The first-order valence-corrected chi connectivity index (χ1v) is 8.21. The summed E-state index contributed by atoms with van der Waals surface area (Å²) in [4.78, 5) is 33.6. The Morgan fingerprint density at radius 3 is 2.73 bits per heavy atom. The van der Waals surface area contributed by atoms with Crippen LogP contribution in [0.3, 0.4) is 0 Å². The summed E-state index contributed by atoms with van der Waals surface area (Å²) in [6.07, 6.45) is 1.18. The zero-order valence-electron chi connectivity index (χ0n) is 14.0. The average molecular weight is 358 g/mol. The lowest BCUT2D eigenvalue weighted by atomic mass is 9.85. The van der Waals surface area contributed by atoms with E-state index in [-0.39, 0.29) is 24.9 Å². The maximum absolute atomic E-state index is 14.2. The van der Waals surface area contributed by atoms with E-state index < -0.39 is 23.3 Å². The highest BCUT2D eigenvalue weighted by atomic mass is 19.1. The second-order valence-corrected chi connectivity index (χ2v) is 6.81. The van der Waals surface area contributed by atoms with E-state index in [4.69, 9.17) is 0 Å². The Labute approximate surface area is 148 Å². The maximum Gasteiger partial charge on any atom is 0.254 e. The third-order valence-electron chi connectivity index (χ3n) is 4.89. The first-order valence-electron chi connectivity index (χ1n) is 8.21. The van der Waals surface area contributed by atoms with E-state index in [9.17, 15) is 18.4 Å². The minimum absolute atomic E-state index is 0.0543. The summed E-state index contributed by atoms with van der Waals surface area (Å²) in [5.41, 5.74) is 1.41. The second kappa shape index (κ2) is 5.82. The predicted octanol–water partition coefficient (Wildman–Crippen LogP) is 2.00. The van der Waals surface area contributed by atoms with Crippen LogP contribution in [0.5, 0.6) is 0 Å². The van der Waals surface area contributed by atoms with Crippen molar-refractivity contribution in [3.8, 4) is 0 Å². The van der Waals surface area contributed by atoms with Gasteiger partial charge in [-0.05, 0) is 25.0 Å². The minimum Gasteiger partial charge on any atom is -0.328 e. The van der Waals surface area contributed by atoms with Gasteiger partial charge in [-0.2, -0.15) is 0 Å². The Hall–Kier alpha value is -2.90. The first kappa shape index (κ1) is 16.6. The van der Waals surface area contributed by atoms with Gasteiger partial charge >= 0.3 is 0 Å². The molecule has 0 unspecified atom stereocenters. The van der Waals surface area contributed by atoms with Crippen LogP contribution in [-0.4, -0.2) is 45.9 Å². The normalized spacial score (nSPS) is 23.7. The van der Waals surface area contributed by atoms with Gasteiger partial charge in [0.25, 0.3) is 5.91 Å². The summed E-state index contributed by atoms with van der Waals surface area (Å²) in [7, 11) is 0. The van der Waals surface area contributed by atoms with E-state index in [0.29, 0.717) is 12.0 Å². The summed E-state index contributed by atoms with van der Waals surface area (Å²) in [5.74, 6) is -1.50. The number of carbonyl (C=O) groups excluding carboxylic acids is 2. The number of aromatic nitrogens is 2. The van der Waals surface area contributed by atoms with Crippen molar-refractivity contribution in [3.63, 3.8) is 0 Å². The third-order valence-corrected chi connectivity index (χ3v) is 4.89. The molecule has 1 saturated carbocycles. The quantitative estimate of drug-likeness (QED) is 0.911. The van der Waals surface area contributed by atoms with Crippen LogP contribution in [-0.2, 0) is 10.2 Å². The topological polar surface area (TPSA) is 75.2 Å². The lowest BCUT2D eigenvalue weighted by molar-refractivity contribution is -0.117. The number of hydrogen-bond donors (Lipinski definition) is 1. The van der Waals surface area contributed by atoms with Crippen molar-refractivity contribution in [2.24, 2.45) is 0 Å². The highest BCUT2D eigenvalue weighted by Gasteiger charge is 2.61. The Balaban J connectivity index is 1.54. The van der Waals surface area contributed by atoms with Gasteiger partial charge in [-0.25, -0.2) is 18.7 Å². The van der Waals surface area contributed by atoms with Crippen molar-refractivity contribution in [2.75, 3.05) is 18.4 Å². The molecule has 26 heavy (non-hydrogen) atoms. The summed E-state index contributed by atoms with van der Waals surface area (Å²) >= 11 is 0. The number of benzene rings is 1. The first-order chi connectivity index (χ1) is 12.4. The number of anilines is 1. The molecule has 0 radical (unpaired) electrons. The van der Waals surface area contributed by atoms with Crippen LogP contribution in [0.25, 0.3) is 0 Å². The molecule has 134 valence electrons. The lowest BCUT2D eigenvalue weighted by Crippen LogP contribution is -2.47. The monoisotopic (exact) mass is 358 g/mol. The standard InChI is InChI=1S/C18H16F2N4O2/c1-10-2-3-12-13(4-10)18(5-14(18)20)9-24(16(12)26)8-15(25)23-17-21-6-11(19)7-22-17/h2-4,6-7,14H,5,8-9H2,1H3,(H,21,22,23,25)/t14-,18-/m0/s1. The smallest absolute Gasteiger partial charge is 0.254 e. The van der Waals surface area contributed by atoms with E-state index in [1.165, 1.54) is 4.90 Å². The Morgan fingerprint density at radius 1 is 1.38 bits per heavy atom. The molecule has 0 bridgehead atoms. The van der Waals surface area contributed by atoms with Gasteiger partial charge in [0.1, 0.15) is 12.7 Å². The molecule has 1 spiro atoms. The number of carbonyl (C=O) groups is 2. The molecule has 1 fully saturated rings. The molecule has 2 aromatic rings. The van der Waals surface area contributed by atoms with Gasteiger partial charge in [-0.15, -0.1) is 0 Å². The Kier molecular flexibility index (Phi) is 3.71. The SMILES string of the molecule is Cc1ccc2c(c1)[C@]1(C[C@@H]1F)CN(CC(=O)Nc1ncc(F)cn1)C2=O. The number of nitrogens with one attached hydrogen (secondary N) is 1. The van der Waals surface area contributed by atoms with Crippen molar-refractivity contribution in [3.05, 3.63) is 53.1 Å². The van der Waals surface area contributed by atoms with Crippen LogP contribution in [0, 0.1) is 12.7 Å². The van der Waals surface area contributed by atoms with Crippen molar-refractivity contribution >= 4 is 17.8 Å². The van der Waals surface area contributed by atoms with Gasteiger partial charge in [0.05, 0.1) is 12.4 Å². The molecule has 2 aliphatic rings. The number of nitrogens with zero attached hydrogens (tertiary/aromatic N) is 3. The molecular formula is C18H16F2N4O2. The third kappa shape index (κ3) is 2.71. The largest absolute Gasteiger partial charge is 0.328 e. The highest BCUT2D eigenvalue weighted by Crippen LogP contribution is 2.54. The second-order valence-electron chi connectivity index (χ2n) is 6.81. The number of halogens is 2. The fourth-order valence-electron chi connectivity index (χ4n) is 3.47. The summed E-state index contributed by atoms with van der Waals surface area (Å²) < 4.78 is 27.0. The molecule has 1 aliphatic heterocycles. The van der Waals surface area contributed by atoms with Gasteiger partial charge in [-0.3, -0.25) is 14.9 Å². The number of aryl methyl sites for hydroxylation is 1. The highest BCUT2D eigenvalue weighted by molar-refractivity contribution is 6.01. The molecule has 2 atom stereocenters. The van der Waals surface area contributed by atoms with Crippen LogP contribution < -0.4 is 5.32 Å². The molecule has 6 nitrogen and oxygen atoms in total. The zero-order valence-corrected chi connectivity index (χ0v) is 14.0. The fourth-order valence-corrected chi connectivity index (χ4v) is 3.47. The summed E-state index contributed by atoms with van der Waals surface area (Å²) in [6.45, 7) is 1.80. The minimum atomic E-state index is -1.03. The number of alkyl halides is 1. The van der Waals surface area contributed by atoms with Crippen molar-refractivity contribution in [2.45, 2.75) is 24.9 Å². The van der Waals surface area contributed by atoms with E-state index >= 15 is 0 Å². The van der Waals surface area contributed by atoms with E-state index in [0.717, 1.165) is 23.5 Å². The van der Waals surface area contributed by atoms with Crippen molar-refractivity contribution < 1.29 is 18.4 Å². The van der Waals surface area contributed by atoms with Crippen molar-refractivity contribution in [1.29, 1.82) is 0 Å². The summed E-state index contributed by atoms with van der Waals surface area (Å²) in [6, 6.07) is 5.35. The lowest BCUT2D eigenvalue weighted by Gasteiger charge is -2.34. The van der Waals surface area contributed by atoms with Crippen LogP contribution in [0.15, 0.2) is 30.6 Å². The molecule has 2 heterocycles. The molecule has 2 amide bonds. The van der Waals surface area contributed by atoms with Gasteiger partial charge < -0.3 is 4.90 Å². The van der Waals surface area contributed by atoms with Gasteiger partial charge in [0.2, 0.25) is 11.9 Å². The fraction of sp³-hybridized carbons (Fsp3) is 0.333. The van der Waals surface area contributed by atoms with E-state index in [2.05, 4.69) is 15.3 Å². The van der Waals surface area contributed by atoms with Crippen LogP contribution in [0.2, 0.25) is 0 Å². The maximum atomic E-state index is 14.2. The zero-order chi connectivity index (χ0) is 18.5. The van der Waals surface area contributed by atoms with Gasteiger partial charge in [-0.1, -0.05) is 17.7 Å². The Bertz CT molecular complexity index is 903. The number of fused-ring (bicyclic) bond motifs is 2. The Morgan fingerprint density at radius 2 is 2.08 bits per heavy atom. The van der Waals surface area contributed by atoms with Gasteiger partial charge in [0.15, 0.2) is 5.82 Å². The molecule has 1 aliphatic carbocycles. The molecule has 1 N–H and O–H groups in total. The number of rotatable bonds is 3. The molecular weight excluding hydrogens is 342 g/mol. The average Bonchev–Trinajstić information content (AvgIpc) is 3.25. The number of amides is 2. The number of hydrogen-bond acceptors (Lipinski definition) is 4. The van der Waals surface area contributed by atoms with Crippen LogP contribution in [0.4, 0.5) is 14.7 Å².